The fourth-order valence-electron chi connectivity index (χ4n) is 4.07. The molecule has 0 aliphatic carbocycles. The lowest BCUT2D eigenvalue weighted by Gasteiger charge is -2.29. The number of halogens is 3. The van der Waals surface area contributed by atoms with Crippen LogP contribution in [0.5, 0.6) is 0 Å². The second kappa shape index (κ2) is 9.61. The van der Waals surface area contributed by atoms with E-state index >= 15 is 0 Å². The molecule has 1 aliphatic rings. The van der Waals surface area contributed by atoms with Crippen LogP contribution in [0.4, 0.5) is 13.2 Å². The van der Waals surface area contributed by atoms with Gasteiger partial charge in [0, 0.05) is 13.0 Å². The molecule has 3 rings (SSSR count). The summed E-state index contributed by atoms with van der Waals surface area (Å²) in [5, 5.41) is 2.83. The Morgan fingerprint density at radius 2 is 1.83 bits per heavy atom. The first-order valence-electron chi connectivity index (χ1n) is 10.5. The molecule has 1 heterocycles. The molecular weight excluding hydrogens is 377 g/mol. The lowest BCUT2D eigenvalue weighted by Crippen LogP contribution is -2.43. The van der Waals surface area contributed by atoms with E-state index in [4.69, 9.17) is 0 Å². The molecule has 1 fully saturated rings. The molecule has 3 nitrogen and oxygen atoms in total. The molecular formula is C23H29F3N2O. The summed E-state index contributed by atoms with van der Waals surface area (Å²) >= 11 is 0. The molecule has 158 valence electrons. The smallest absolute Gasteiger partial charge is 0.288 e. The van der Waals surface area contributed by atoms with Gasteiger partial charge in [0.15, 0.2) is 0 Å². The maximum atomic E-state index is 13.8. The number of unbranched alkanes of at least 4 members (excludes halogenated alkanes) is 5. The van der Waals surface area contributed by atoms with Gasteiger partial charge in [-0.05, 0) is 40.8 Å². The summed E-state index contributed by atoms with van der Waals surface area (Å²) in [6.07, 6.45) is 3.57. The van der Waals surface area contributed by atoms with E-state index in [0.29, 0.717) is 0 Å². The van der Waals surface area contributed by atoms with Gasteiger partial charge in [-0.25, -0.2) is 5.01 Å². The van der Waals surface area contributed by atoms with Gasteiger partial charge in [-0.1, -0.05) is 69.4 Å². The van der Waals surface area contributed by atoms with E-state index in [1.165, 1.54) is 31.7 Å². The predicted octanol–water partition coefficient (Wildman–Crippen LogP) is 6.08. The highest BCUT2D eigenvalue weighted by Crippen LogP contribution is 2.39. The minimum atomic E-state index is -4.47. The number of nitrogens with one attached hydrogen (secondary N) is 1. The molecule has 0 aromatic heterocycles. The summed E-state index contributed by atoms with van der Waals surface area (Å²) in [4.78, 5) is 11.5. The Morgan fingerprint density at radius 1 is 1.07 bits per heavy atom. The Labute approximate surface area is 170 Å². The van der Waals surface area contributed by atoms with Gasteiger partial charge in [-0.2, -0.15) is 13.2 Å². The number of nitrogens with zero attached hydrogens (tertiary/aromatic N) is 1. The van der Waals surface area contributed by atoms with Crippen LogP contribution in [-0.2, 0) is 11.2 Å². The third-order valence-electron chi connectivity index (χ3n) is 5.58. The molecule has 0 radical (unpaired) electrons. The van der Waals surface area contributed by atoms with Crippen LogP contribution in [0.15, 0.2) is 36.4 Å². The molecule has 0 saturated carbocycles. The van der Waals surface area contributed by atoms with Crippen LogP contribution in [0, 0.1) is 0 Å². The molecule has 0 spiro atoms. The van der Waals surface area contributed by atoms with Gasteiger partial charge in [-0.15, -0.1) is 0 Å². The van der Waals surface area contributed by atoms with Crippen molar-refractivity contribution in [3.05, 3.63) is 47.5 Å². The Bertz CT molecular complexity index is 834. The van der Waals surface area contributed by atoms with Crippen LogP contribution < -0.4 is 5.43 Å². The van der Waals surface area contributed by atoms with Crippen LogP contribution in [0.3, 0.4) is 0 Å². The summed E-state index contributed by atoms with van der Waals surface area (Å²) in [7, 11) is 0. The number of carbonyl (C=O) groups excluding carboxylic acids is 1. The first-order valence-corrected chi connectivity index (χ1v) is 10.5. The van der Waals surface area contributed by atoms with Gasteiger partial charge in [0.2, 0.25) is 5.91 Å². The molecule has 1 saturated heterocycles. The van der Waals surface area contributed by atoms with Crippen molar-refractivity contribution in [2.24, 2.45) is 0 Å². The number of hydrogen-bond acceptors (Lipinski definition) is 2. The number of rotatable bonds is 9. The molecule has 1 aliphatic heterocycles. The number of fused-ring (bicyclic) bond motifs is 1. The molecule has 2 aromatic rings. The van der Waals surface area contributed by atoms with Gasteiger partial charge >= 0.3 is 6.18 Å². The predicted molar refractivity (Wildman–Crippen MR) is 109 cm³/mol. The van der Waals surface area contributed by atoms with E-state index in [2.05, 4.69) is 12.3 Å². The van der Waals surface area contributed by atoms with Crippen LogP contribution in [0.2, 0.25) is 0 Å². The number of benzene rings is 2. The van der Waals surface area contributed by atoms with Crippen molar-refractivity contribution in [2.45, 2.75) is 70.5 Å². The summed E-state index contributed by atoms with van der Waals surface area (Å²) in [6.45, 7) is 2.25. The number of alkyl halides is 3. The first-order chi connectivity index (χ1) is 13.9. The van der Waals surface area contributed by atoms with Crippen molar-refractivity contribution in [3.63, 3.8) is 0 Å². The lowest BCUT2D eigenvalue weighted by atomic mass is 9.95. The van der Waals surface area contributed by atoms with E-state index in [0.717, 1.165) is 40.6 Å². The summed E-state index contributed by atoms with van der Waals surface area (Å²) < 4.78 is 41.5. The molecule has 1 amide bonds. The summed E-state index contributed by atoms with van der Waals surface area (Å²) in [5.41, 5.74) is 3.61. The average Bonchev–Trinajstić information content (AvgIpc) is 3.09. The Morgan fingerprint density at radius 3 is 2.52 bits per heavy atom. The van der Waals surface area contributed by atoms with Crippen molar-refractivity contribution >= 4 is 16.7 Å². The van der Waals surface area contributed by atoms with Gasteiger partial charge in [-0.3, -0.25) is 10.2 Å². The fourth-order valence-corrected chi connectivity index (χ4v) is 4.07. The van der Waals surface area contributed by atoms with Crippen molar-refractivity contribution in [2.75, 3.05) is 6.54 Å². The van der Waals surface area contributed by atoms with Crippen LogP contribution in [0.1, 0.15) is 69.0 Å². The molecule has 2 aromatic carbocycles. The van der Waals surface area contributed by atoms with E-state index in [-0.39, 0.29) is 24.4 Å². The van der Waals surface area contributed by atoms with Crippen LogP contribution >= 0.6 is 0 Å². The summed E-state index contributed by atoms with van der Waals surface area (Å²) in [6, 6.07) is 9.02. The number of hydrogen-bond donors (Lipinski definition) is 1. The number of aryl methyl sites for hydroxylation is 1. The lowest BCUT2D eigenvalue weighted by molar-refractivity contribution is -0.191. The zero-order valence-electron chi connectivity index (χ0n) is 16.9. The fraction of sp³-hybridized carbons (Fsp3) is 0.522. The third-order valence-corrected chi connectivity index (χ3v) is 5.58. The number of amides is 1. The normalized spacial score (nSPS) is 16.3. The quantitative estimate of drug-likeness (QED) is 0.512. The highest BCUT2D eigenvalue weighted by atomic mass is 19.4. The van der Waals surface area contributed by atoms with Crippen molar-refractivity contribution in [1.82, 2.24) is 10.4 Å². The van der Waals surface area contributed by atoms with Crippen LogP contribution in [-0.4, -0.2) is 23.6 Å². The minimum absolute atomic E-state index is 0.0560. The maximum Gasteiger partial charge on any atom is 0.409 e. The largest absolute Gasteiger partial charge is 0.409 e. The molecule has 0 bridgehead atoms. The second-order valence-electron chi connectivity index (χ2n) is 7.84. The number of hydrazine groups is 1. The Kier molecular flexibility index (Phi) is 7.17. The van der Waals surface area contributed by atoms with Gasteiger partial charge in [0.05, 0.1) is 0 Å². The van der Waals surface area contributed by atoms with Gasteiger partial charge in [0.1, 0.15) is 6.04 Å². The standard InChI is InChI=1S/C23H29F3N2O/c1-2-3-4-5-6-7-9-17-10-8-11-18-12-13-19(16-20(17)18)22(23(24,25)26)28-15-14-21(29)27-28/h8,10-13,16,22H,2-7,9,14-15H2,1H3,(H,27,29). The van der Waals surface area contributed by atoms with Crippen molar-refractivity contribution < 1.29 is 18.0 Å². The topological polar surface area (TPSA) is 32.3 Å². The van der Waals surface area contributed by atoms with E-state index in [9.17, 15) is 18.0 Å². The molecule has 29 heavy (non-hydrogen) atoms. The van der Waals surface area contributed by atoms with Gasteiger partial charge < -0.3 is 0 Å². The minimum Gasteiger partial charge on any atom is -0.288 e. The average molecular weight is 406 g/mol. The van der Waals surface area contributed by atoms with E-state index in [1.54, 1.807) is 12.1 Å². The zero-order valence-corrected chi connectivity index (χ0v) is 16.9. The maximum absolute atomic E-state index is 13.8. The first kappa shape index (κ1) is 21.6. The van der Waals surface area contributed by atoms with Crippen molar-refractivity contribution in [1.29, 1.82) is 0 Å². The molecule has 1 unspecified atom stereocenters. The number of carbonyl (C=O) groups is 1. The highest BCUT2D eigenvalue weighted by molar-refractivity contribution is 5.86. The monoisotopic (exact) mass is 406 g/mol. The van der Waals surface area contributed by atoms with Crippen molar-refractivity contribution in [3.8, 4) is 0 Å². The molecule has 1 atom stereocenters. The van der Waals surface area contributed by atoms with E-state index in [1.807, 2.05) is 18.2 Å². The zero-order chi connectivity index (χ0) is 20.9. The van der Waals surface area contributed by atoms with Gasteiger partial charge in [0.25, 0.3) is 0 Å². The highest BCUT2D eigenvalue weighted by Gasteiger charge is 2.46. The Balaban J connectivity index is 1.82. The SMILES string of the molecule is CCCCCCCCc1cccc2ccc(C(N3CCC(=O)N3)C(F)(F)F)cc12. The van der Waals surface area contributed by atoms with E-state index < -0.39 is 12.2 Å². The third kappa shape index (κ3) is 5.50. The van der Waals surface area contributed by atoms with Crippen LogP contribution in [0.25, 0.3) is 10.8 Å². The molecule has 1 N–H and O–H groups in total. The Hall–Kier alpha value is -2.08. The second-order valence-corrected chi connectivity index (χ2v) is 7.84. The summed E-state index contributed by atoms with van der Waals surface area (Å²) in [5.74, 6) is -0.371. The molecule has 6 heteroatoms.